The van der Waals surface area contributed by atoms with Gasteiger partial charge < -0.3 is 18.9 Å². The van der Waals surface area contributed by atoms with E-state index in [9.17, 15) is 9.59 Å². The Labute approximate surface area is 254 Å². The van der Waals surface area contributed by atoms with Crippen LogP contribution in [-0.2, 0) is 25.6 Å². The number of esters is 1. The highest BCUT2D eigenvalue weighted by molar-refractivity contribution is 6.30. The Morgan fingerprint density at radius 2 is 1.93 bits per heavy atom. The minimum atomic E-state index is -0.961. The van der Waals surface area contributed by atoms with Crippen LogP contribution in [0.3, 0.4) is 0 Å². The highest BCUT2D eigenvalue weighted by Gasteiger charge is 2.60. The maximum Gasteiger partial charge on any atom is 0.411 e. The lowest BCUT2D eigenvalue weighted by Crippen LogP contribution is -2.48. The number of hydrogen-bond donors (Lipinski definition) is 0. The summed E-state index contributed by atoms with van der Waals surface area (Å²) in [5.74, 6) is 0.0177. The van der Waals surface area contributed by atoms with Gasteiger partial charge in [-0.25, -0.2) is 14.6 Å². The van der Waals surface area contributed by atoms with Gasteiger partial charge in [0.25, 0.3) is 0 Å². The summed E-state index contributed by atoms with van der Waals surface area (Å²) in [7, 11) is 1.59. The number of halogens is 1. The van der Waals surface area contributed by atoms with Gasteiger partial charge in [-0.2, -0.15) is 0 Å². The Bertz CT molecular complexity index is 1290. The number of amides is 1. The molecule has 9 heteroatoms. The van der Waals surface area contributed by atoms with Gasteiger partial charge in [-0.3, -0.25) is 4.90 Å². The smallest absolute Gasteiger partial charge is 0.411 e. The fraction of sp³-hybridized carbons (Fsp3) is 0.545. The molecule has 4 atom stereocenters. The molecule has 228 valence electrons. The molecular formula is C33H43ClN2O6. The molecule has 2 aliphatic rings. The fourth-order valence-electron chi connectivity index (χ4n) is 6.17. The van der Waals surface area contributed by atoms with Gasteiger partial charge in [0.05, 0.1) is 32.5 Å². The number of pyridine rings is 1. The van der Waals surface area contributed by atoms with Gasteiger partial charge in [0.15, 0.2) is 0 Å². The molecule has 1 aromatic heterocycles. The number of carbonyl (C=O) groups is 2. The Hall–Kier alpha value is -3.10. The van der Waals surface area contributed by atoms with Crippen LogP contribution in [0.2, 0.25) is 5.02 Å². The number of likely N-dealkylation sites (tertiary alicyclic amines) is 1. The van der Waals surface area contributed by atoms with Gasteiger partial charge >= 0.3 is 12.1 Å². The van der Waals surface area contributed by atoms with Gasteiger partial charge in [0.2, 0.25) is 5.88 Å². The molecule has 42 heavy (non-hydrogen) atoms. The molecule has 2 fully saturated rings. The molecular weight excluding hydrogens is 556 g/mol. The van der Waals surface area contributed by atoms with E-state index in [-0.39, 0.29) is 19.8 Å². The number of rotatable bonds is 10. The van der Waals surface area contributed by atoms with Crippen molar-refractivity contribution in [2.24, 2.45) is 11.3 Å². The number of aryl methyl sites for hydroxylation is 1. The van der Waals surface area contributed by atoms with Crippen LogP contribution in [0, 0.1) is 18.3 Å². The topological polar surface area (TPSA) is 87.2 Å². The summed E-state index contributed by atoms with van der Waals surface area (Å²) in [6.07, 6.45) is 5.60. The Morgan fingerprint density at radius 3 is 2.52 bits per heavy atom. The predicted octanol–water partition coefficient (Wildman–Crippen LogP) is 7.18. The van der Waals surface area contributed by atoms with E-state index in [1.54, 1.807) is 20.1 Å². The van der Waals surface area contributed by atoms with E-state index in [2.05, 4.69) is 17.6 Å². The first-order valence-electron chi connectivity index (χ1n) is 14.6. The zero-order chi connectivity index (χ0) is 30.6. The summed E-state index contributed by atoms with van der Waals surface area (Å²) < 4.78 is 23.6. The summed E-state index contributed by atoms with van der Waals surface area (Å²) >= 11 is 6.50. The summed E-state index contributed by atoms with van der Waals surface area (Å²) in [6.45, 7) is 13.8. The van der Waals surface area contributed by atoms with Crippen LogP contribution >= 0.6 is 11.6 Å². The summed E-state index contributed by atoms with van der Waals surface area (Å²) in [6, 6.07) is 6.00. The van der Waals surface area contributed by atoms with Crippen molar-refractivity contribution in [2.45, 2.75) is 84.6 Å². The van der Waals surface area contributed by atoms with Gasteiger partial charge in [-0.1, -0.05) is 57.5 Å². The predicted molar refractivity (Wildman–Crippen MR) is 162 cm³/mol. The number of nitrogens with zero attached hydrogens (tertiary/aromatic N) is 2. The average molecular weight is 599 g/mol. The zero-order valence-electron chi connectivity index (χ0n) is 25.5. The highest BCUT2D eigenvalue weighted by atomic mass is 35.5. The molecule has 8 nitrogen and oxygen atoms in total. The lowest BCUT2D eigenvalue weighted by molar-refractivity contribution is -0.151. The molecule has 0 bridgehead atoms. The molecule has 2 heterocycles. The molecule has 2 aromatic rings. The van der Waals surface area contributed by atoms with Crippen LogP contribution in [0.5, 0.6) is 5.88 Å². The first kappa shape index (κ1) is 31.8. The minimum absolute atomic E-state index is 0.00530. The van der Waals surface area contributed by atoms with E-state index in [1.165, 1.54) is 23.0 Å². The second-order valence-electron chi connectivity index (χ2n) is 12.1. The van der Waals surface area contributed by atoms with E-state index in [0.717, 1.165) is 29.5 Å². The van der Waals surface area contributed by atoms with E-state index in [1.807, 2.05) is 46.0 Å². The molecule has 1 aliphatic heterocycles. The molecule has 1 aliphatic carbocycles. The first-order valence-corrected chi connectivity index (χ1v) is 15.0. The molecule has 0 unspecified atom stereocenters. The summed E-state index contributed by atoms with van der Waals surface area (Å²) in [5, 5.41) is 0.514. The zero-order valence-corrected chi connectivity index (χ0v) is 26.3. The summed E-state index contributed by atoms with van der Waals surface area (Å²) in [4.78, 5) is 33.5. The lowest BCUT2D eigenvalue weighted by atomic mass is 9.73. The van der Waals surface area contributed by atoms with E-state index >= 15 is 0 Å². The maximum absolute atomic E-state index is 13.8. The average Bonchev–Trinajstić information content (AvgIpc) is 3.27. The van der Waals surface area contributed by atoms with Crippen LogP contribution < -0.4 is 4.74 Å². The molecule has 1 saturated carbocycles. The second kappa shape index (κ2) is 13.5. The number of carbonyl (C=O) groups excluding carboxylic acids is 2. The Morgan fingerprint density at radius 1 is 1.19 bits per heavy atom. The molecule has 0 N–H and O–H groups in total. The molecule has 0 radical (unpaired) electrons. The van der Waals surface area contributed by atoms with E-state index in [0.29, 0.717) is 16.8 Å². The number of benzene rings is 1. The lowest BCUT2D eigenvalue weighted by Gasteiger charge is -2.35. The Kier molecular flexibility index (Phi) is 10.2. The number of aromatic nitrogens is 1. The quantitative estimate of drug-likeness (QED) is 0.211. The van der Waals surface area contributed by atoms with Crippen LogP contribution in [0.4, 0.5) is 4.79 Å². The SMILES string of the molecule is C=CCOC(=O)N1[C@H](C(=O)OCC)[C@@H](C(C)(C)C)[C@H](OCc2cc(C3CCC3)cnc2OC)[C@@H]1c1cc(Cl)ccc1C. The number of ether oxygens (including phenoxy) is 4. The van der Waals surface area contributed by atoms with Gasteiger partial charge in [0.1, 0.15) is 12.6 Å². The van der Waals surface area contributed by atoms with Gasteiger partial charge in [0, 0.05) is 22.7 Å². The van der Waals surface area contributed by atoms with Crippen LogP contribution in [-0.4, -0.2) is 54.4 Å². The maximum atomic E-state index is 13.8. The van der Waals surface area contributed by atoms with Crippen molar-refractivity contribution in [3.05, 3.63) is 70.4 Å². The molecule has 1 amide bonds. The van der Waals surface area contributed by atoms with Crippen LogP contribution in [0.1, 0.15) is 81.2 Å². The molecule has 4 rings (SSSR count). The third-order valence-corrected chi connectivity index (χ3v) is 8.61. The third-order valence-electron chi connectivity index (χ3n) is 8.38. The number of hydrogen-bond acceptors (Lipinski definition) is 7. The van der Waals surface area contributed by atoms with Crippen molar-refractivity contribution in [2.75, 3.05) is 20.3 Å². The number of methoxy groups -OCH3 is 1. The van der Waals surface area contributed by atoms with Gasteiger partial charge in [-0.05, 0) is 72.9 Å². The largest absolute Gasteiger partial charge is 0.481 e. The van der Waals surface area contributed by atoms with Crippen molar-refractivity contribution >= 4 is 23.7 Å². The highest BCUT2D eigenvalue weighted by Crippen LogP contribution is 2.51. The normalized spacial score (nSPS) is 22.4. The molecule has 1 aromatic carbocycles. The first-order chi connectivity index (χ1) is 20.0. The minimum Gasteiger partial charge on any atom is -0.481 e. The summed E-state index contributed by atoms with van der Waals surface area (Å²) in [5.41, 5.74) is 3.19. The molecule has 1 saturated heterocycles. The third kappa shape index (κ3) is 6.60. The van der Waals surface area contributed by atoms with Crippen molar-refractivity contribution < 1.29 is 28.5 Å². The second-order valence-corrected chi connectivity index (χ2v) is 12.6. The standard InChI is InChI=1S/C33H43ClN2O6/c1-8-15-41-32(38)36-27(25-17-24(34)14-13-20(25)3)29(26(33(4,5)6)28(36)31(37)40-9-2)42-19-23-16-22(21-11-10-12-21)18-35-30(23)39-7/h8,13-14,16-18,21,26-29H,1,9-12,15,19H2,2-7H3/t26-,27+,28+,29+/m1/s1. The van der Waals surface area contributed by atoms with Crippen molar-refractivity contribution in [3.8, 4) is 5.88 Å². The van der Waals surface area contributed by atoms with E-state index in [4.69, 9.17) is 30.5 Å². The molecule has 0 spiro atoms. The van der Waals surface area contributed by atoms with Crippen molar-refractivity contribution in [1.29, 1.82) is 0 Å². The monoisotopic (exact) mass is 598 g/mol. The van der Waals surface area contributed by atoms with Crippen LogP contribution in [0.25, 0.3) is 0 Å². The van der Waals surface area contributed by atoms with Crippen molar-refractivity contribution in [3.63, 3.8) is 0 Å². The van der Waals surface area contributed by atoms with Gasteiger partial charge in [-0.15, -0.1) is 0 Å². The fourth-order valence-corrected chi connectivity index (χ4v) is 6.35. The van der Waals surface area contributed by atoms with Crippen LogP contribution in [0.15, 0.2) is 43.1 Å². The van der Waals surface area contributed by atoms with Crippen molar-refractivity contribution in [1.82, 2.24) is 9.88 Å². The Balaban J connectivity index is 1.85. The van der Waals surface area contributed by atoms with E-state index < -0.39 is 41.6 Å².